The number of hydrogen-bond acceptors (Lipinski definition) is 5. The van der Waals surface area contributed by atoms with Gasteiger partial charge >= 0.3 is 6.03 Å². The Hall–Kier alpha value is -4.59. The van der Waals surface area contributed by atoms with E-state index in [1.807, 2.05) is 48.7 Å². The number of hydrogen-bond donors (Lipinski definition) is 1. The lowest BCUT2D eigenvalue weighted by molar-refractivity contribution is -0.130. The van der Waals surface area contributed by atoms with Crippen LogP contribution >= 0.6 is 0 Å². The first-order valence-corrected chi connectivity index (χ1v) is 13.2. The molecule has 1 fully saturated rings. The summed E-state index contributed by atoms with van der Waals surface area (Å²) in [5.41, 5.74) is 2.82. The zero-order valence-electron chi connectivity index (χ0n) is 22.1. The van der Waals surface area contributed by atoms with Gasteiger partial charge in [0.25, 0.3) is 11.8 Å². The molecule has 8 heteroatoms. The molecule has 0 bridgehead atoms. The van der Waals surface area contributed by atoms with Crippen molar-refractivity contribution in [2.75, 3.05) is 6.61 Å². The largest absolute Gasteiger partial charge is 0.493 e. The number of amides is 4. The van der Waals surface area contributed by atoms with Gasteiger partial charge in [-0.1, -0.05) is 50.2 Å². The molecule has 2 aromatic heterocycles. The third-order valence-electron chi connectivity index (χ3n) is 7.06. The van der Waals surface area contributed by atoms with Crippen molar-refractivity contribution >= 4 is 34.8 Å². The van der Waals surface area contributed by atoms with Crippen LogP contribution in [0, 0.1) is 0 Å². The van der Waals surface area contributed by atoms with E-state index in [4.69, 9.17) is 9.15 Å². The lowest BCUT2D eigenvalue weighted by Gasteiger charge is -2.25. The van der Waals surface area contributed by atoms with E-state index >= 15 is 0 Å². The minimum absolute atomic E-state index is 0.0653. The second kappa shape index (κ2) is 11.4. The standard InChI is InChI=1S/C31H31N3O5/c1-3-21(2)24-11-5-7-14-28(24)39-17-9-15-33-19-22(25-12-4-6-13-27(25)33)18-26-29(35)32-31(37)34(30(26)36)20-23-10-8-16-38-23/h4-8,10-14,16,18-19,21H,3,9,15,17,20H2,1-2H3,(H,32,35,37)/b26-18+/t21-/m0/s1. The van der Waals surface area contributed by atoms with E-state index in [-0.39, 0.29) is 12.1 Å². The number of fused-ring (bicyclic) bond motifs is 1. The Kier molecular flexibility index (Phi) is 7.63. The first-order chi connectivity index (χ1) is 19.0. The monoisotopic (exact) mass is 525 g/mol. The fourth-order valence-corrected chi connectivity index (χ4v) is 4.78. The number of para-hydroxylation sites is 2. The molecule has 0 spiro atoms. The van der Waals surface area contributed by atoms with E-state index in [0.29, 0.717) is 24.8 Å². The van der Waals surface area contributed by atoms with Gasteiger partial charge in [0, 0.05) is 29.2 Å². The summed E-state index contributed by atoms with van der Waals surface area (Å²) in [6.07, 6.45) is 6.77. The Morgan fingerprint density at radius 2 is 1.82 bits per heavy atom. The minimum atomic E-state index is -0.768. The summed E-state index contributed by atoms with van der Waals surface area (Å²) < 4.78 is 13.5. The van der Waals surface area contributed by atoms with Crippen molar-refractivity contribution in [1.29, 1.82) is 0 Å². The highest BCUT2D eigenvalue weighted by atomic mass is 16.5. The maximum absolute atomic E-state index is 13.2. The van der Waals surface area contributed by atoms with E-state index < -0.39 is 17.8 Å². The van der Waals surface area contributed by atoms with Crippen LogP contribution in [0.15, 0.2) is 83.1 Å². The van der Waals surface area contributed by atoms with Gasteiger partial charge in [0.1, 0.15) is 17.1 Å². The van der Waals surface area contributed by atoms with E-state index in [9.17, 15) is 14.4 Å². The van der Waals surface area contributed by atoms with Crippen molar-refractivity contribution in [3.8, 4) is 5.75 Å². The second-order valence-electron chi connectivity index (χ2n) is 9.63. The fraction of sp³-hybridized carbons (Fsp3) is 0.258. The van der Waals surface area contributed by atoms with Gasteiger partial charge < -0.3 is 13.7 Å². The predicted molar refractivity (Wildman–Crippen MR) is 148 cm³/mol. The van der Waals surface area contributed by atoms with Crippen molar-refractivity contribution in [2.45, 2.75) is 45.7 Å². The molecule has 8 nitrogen and oxygen atoms in total. The Labute approximate surface area is 226 Å². The summed E-state index contributed by atoms with van der Waals surface area (Å²) >= 11 is 0. The quantitative estimate of drug-likeness (QED) is 0.159. The van der Waals surface area contributed by atoms with Gasteiger partial charge in [-0.15, -0.1) is 0 Å². The Balaban J connectivity index is 1.34. The van der Waals surface area contributed by atoms with Gasteiger partial charge in [0.2, 0.25) is 0 Å². The molecule has 4 aromatic rings. The number of furan rings is 1. The Bertz CT molecular complexity index is 1530. The Morgan fingerprint density at radius 1 is 1.03 bits per heavy atom. The van der Waals surface area contributed by atoms with Gasteiger partial charge in [-0.3, -0.25) is 19.8 Å². The van der Waals surface area contributed by atoms with Crippen LogP contribution < -0.4 is 10.1 Å². The van der Waals surface area contributed by atoms with Gasteiger partial charge in [-0.25, -0.2) is 4.79 Å². The number of barbiturate groups is 1. The molecule has 4 amide bonds. The molecule has 1 saturated heterocycles. The predicted octanol–water partition coefficient (Wildman–Crippen LogP) is 5.88. The van der Waals surface area contributed by atoms with E-state index in [2.05, 4.69) is 29.8 Å². The molecule has 2 aromatic carbocycles. The number of carbonyl (C=O) groups is 3. The van der Waals surface area contributed by atoms with Crippen LogP contribution in [0.5, 0.6) is 5.75 Å². The van der Waals surface area contributed by atoms with E-state index in [0.717, 1.165) is 40.0 Å². The fourth-order valence-electron chi connectivity index (χ4n) is 4.78. The number of ether oxygens (including phenoxy) is 1. The summed E-state index contributed by atoms with van der Waals surface area (Å²) in [4.78, 5) is 39.2. The van der Waals surface area contributed by atoms with Crippen LogP contribution in [0.2, 0.25) is 0 Å². The molecule has 1 aliphatic rings. The van der Waals surface area contributed by atoms with Gasteiger partial charge in [-0.05, 0) is 54.7 Å². The molecule has 1 atom stereocenters. The topological polar surface area (TPSA) is 93.8 Å². The normalized spacial score (nSPS) is 15.7. The average molecular weight is 526 g/mol. The molecule has 3 heterocycles. The molecular weight excluding hydrogens is 494 g/mol. The average Bonchev–Trinajstić information content (AvgIpc) is 3.59. The molecule has 1 N–H and O–H groups in total. The molecule has 0 saturated carbocycles. The number of aromatic nitrogens is 1. The van der Waals surface area contributed by atoms with Crippen LogP contribution in [0.1, 0.15) is 49.5 Å². The number of carbonyl (C=O) groups excluding carboxylic acids is 3. The Morgan fingerprint density at radius 3 is 2.62 bits per heavy atom. The summed E-state index contributed by atoms with van der Waals surface area (Å²) in [6.45, 7) is 5.56. The first kappa shape index (κ1) is 26.0. The second-order valence-corrected chi connectivity index (χ2v) is 9.63. The van der Waals surface area contributed by atoms with Crippen molar-refractivity contribution in [3.63, 3.8) is 0 Å². The smallest absolute Gasteiger partial charge is 0.331 e. The first-order valence-electron chi connectivity index (χ1n) is 13.2. The number of nitrogens with one attached hydrogen (secondary N) is 1. The maximum Gasteiger partial charge on any atom is 0.331 e. The molecule has 39 heavy (non-hydrogen) atoms. The van der Waals surface area contributed by atoms with E-state index in [1.165, 1.54) is 11.8 Å². The van der Waals surface area contributed by atoms with E-state index in [1.54, 1.807) is 18.2 Å². The van der Waals surface area contributed by atoms with Crippen LogP contribution in [0.4, 0.5) is 4.79 Å². The highest BCUT2D eigenvalue weighted by Gasteiger charge is 2.36. The van der Waals surface area contributed by atoms with Gasteiger partial charge in [-0.2, -0.15) is 0 Å². The SMILES string of the molecule is CC[C@H](C)c1ccccc1OCCCn1cc(/C=C2\C(=O)NC(=O)N(Cc3ccco3)C2=O)c2ccccc21. The zero-order chi connectivity index (χ0) is 27.4. The van der Waals surface area contributed by atoms with Crippen molar-refractivity contribution in [1.82, 2.24) is 14.8 Å². The molecule has 5 rings (SSSR count). The molecule has 0 aliphatic carbocycles. The third kappa shape index (κ3) is 5.50. The summed E-state index contributed by atoms with van der Waals surface area (Å²) in [5, 5.41) is 3.17. The van der Waals surface area contributed by atoms with Crippen LogP contribution in [-0.2, 0) is 22.7 Å². The molecule has 0 radical (unpaired) electrons. The number of nitrogens with zero attached hydrogens (tertiary/aromatic N) is 2. The third-order valence-corrected chi connectivity index (χ3v) is 7.06. The zero-order valence-corrected chi connectivity index (χ0v) is 22.1. The number of aryl methyl sites for hydroxylation is 1. The number of rotatable bonds is 10. The van der Waals surface area contributed by atoms with Crippen LogP contribution in [-0.4, -0.2) is 33.9 Å². The van der Waals surface area contributed by atoms with Crippen molar-refractivity contribution in [2.24, 2.45) is 0 Å². The lowest BCUT2D eigenvalue weighted by atomic mass is 9.98. The van der Waals surface area contributed by atoms with Gasteiger partial charge in [0.15, 0.2) is 0 Å². The highest BCUT2D eigenvalue weighted by molar-refractivity contribution is 6.31. The maximum atomic E-state index is 13.2. The van der Waals surface area contributed by atoms with Crippen LogP contribution in [0.25, 0.3) is 17.0 Å². The minimum Gasteiger partial charge on any atom is -0.493 e. The molecule has 200 valence electrons. The summed E-state index contributed by atoms with van der Waals surface area (Å²) in [5.74, 6) is 0.411. The van der Waals surface area contributed by atoms with Crippen molar-refractivity contribution in [3.05, 3.63) is 95.6 Å². The van der Waals surface area contributed by atoms with Gasteiger partial charge in [0.05, 0.1) is 19.4 Å². The van der Waals surface area contributed by atoms with Crippen molar-refractivity contribution < 1.29 is 23.5 Å². The number of imide groups is 2. The van der Waals surface area contributed by atoms with Crippen LogP contribution in [0.3, 0.4) is 0 Å². The molecule has 0 unspecified atom stereocenters. The number of benzene rings is 2. The molecular formula is C31H31N3O5. The molecule has 1 aliphatic heterocycles. The summed E-state index contributed by atoms with van der Waals surface area (Å²) in [6, 6.07) is 18.6. The summed E-state index contributed by atoms with van der Waals surface area (Å²) in [7, 11) is 0. The highest BCUT2D eigenvalue weighted by Crippen LogP contribution is 2.29. The number of urea groups is 1. The lowest BCUT2D eigenvalue weighted by Crippen LogP contribution is -2.53.